The predicted molar refractivity (Wildman–Crippen MR) is 75.8 cm³/mol. The maximum atomic E-state index is 12.0. The van der Waals surface area contributed by atoms with Crippen LogP contribution in [0.4, 0.5) is 0 Å². The second-order valence-corrected chi connectivity index (χ2v) is 6.36. The first-order chi connectivity index (χ1) is 9.10. The van der Waals surface area contributed by atoms with E-state index in [4.69, 9.17) is 0 Å². The molecule has 1 amide bonds. The Morgan fingerprint density at radius 1 is 1.37 bits per heavy atom. The molecule has 3 atom stereocenters. The Balaban J connectivity index is 1.72. The van der Waals surface area contributed by atoms with E-state index in [0.29, 0.717) is 19.0 Å². The highest BCUT2D eigenvalue weighted by molar-refractivity contribution is 5.82. The normalized spacial score (nSPS) is 37.0. The molecule has 0 radical (unpaired) electrons. The Morgan fingerprint density at radius 3 is 2.58 bits per heavy atom. The number of hydrogen-bond donors (Lipinski definition) is 3. The van der Waals surface area contributed by atoms with Crippen LogP contribution < -0.4 is 10.6 Å². The zero-order valence-corrected chi connectivity index (χ0v) is 12.2. The van der Waals surface area contributed by atoms with Crippen molar-refractivity contribution in [1.29, 1.82) is 0 Å². The Kier molecular flexibility index (Phi) is 5.22. The fraction of sp³-hybridized carbons (Fsp3) is 0.933. The van der Waals surface area contributed by atoms with Gasteiger partial charge in [0.25, 0.3) is 0 Å². The first-order valence-corrected chi connectivity index (χ1v) is 7.82. The van der Waals surface area contributed by atoms with Crippen LogP contribution in [0.1, 0.15) is 52.4 Å². The molecule has 110 valence electrons. The highest BCUT2D eigenvalue weighted by Gasteiger charge is 2.31. The predicted octanol–water partition coefficient (Wildman–Crippen LogP) is 1.43. The third-order valence-corrected chi connectivity index (χ3v) is 4.99. The summed E-state index contributed by atoms with van der Waals surface area (Å²) in [7, 11) is 0. The number of amides is 1. The van der Waals surface area contributed by atoms with Gasteiger partial charge in [0.05, 0.1) is 12.1 Å². The van der Waals surface area contributed by atoms with Gasteiger partial charge < -0.3 is 15.7 Å². The lowest BCUT2D eigenvalue weighted by molar-refractivity contribution is -0.123. The summed E-state index contributed by atoms with van der Waals surface area (Å²) in [5, 5.41) is 15.7. The summed E-state index contributed by atoms with van der Waals surface area (Å²) in [6, 6.07) is 0.148. The van der Waals surface area contributed by atoms with Crippen molar-refractivity contribution in [2.24, 2.45) is 11.8 Å². The topological polar surface area (TPSA) is 61.4 Å². The molecular weight excluding hydrogens is 240 g/mol. The van der Waals surface area contributed by atoms with Gasteiger partial charge in [0, 0.05) is 12.6 Å². The van der Waals surface area contributed by atoms with Crippen LogP contribution in [0.15, 0.2) is 0 Å². The maximum absolute atomic E-state index is 12.0. The van der Waals surface area contributed by atoms with Crippen molar-refractivity contribution in [3.8, 4) is 0 Å². The van der Waals surface area contributed by atoms with Gasteiger partial charge in [-0.15, -0.1) is 0 Å². The Bertz CT molecular complexity index is 301. The van der Waals surface area contributed by atoms with Gasteiger partial charge in [0.2, 0.25) is 5.91 Å². The van der Waals surface area contributed by atoms with Gasteiger partial charge in [-0.2, -0.15) is 0 Å². The van der Waals surface area contributed by atoms with E-state index in [1.165, 1.54) is 19.3 Å². The van der Waals surface area contributed by atoms with E-state index >= 15 is 0 Å². The van der Waals surface area contributed by atoms with Gasteiger partial charge in [-0.05, 0) is 43.9 Å². The molecule has 4 nitrogen and oxygen atoms in total. The fourth-order valence-electron chi connectivity index (χ4n) is 3.38. The number of carbonyl (C=O) groups excluding carboxylic acids is 1. The number of nitrogens with one attached hydrogen (secondary N) is 2. The van der Waals surface area contributed by atoms with Gasteiger partial charge in [-0.3, -0.25) is 4.79 Å². The van der Waals surface area contributed by atoms with E-state index in [2.05, 4.69) is 24.5 Å². The minimum Gasteiger partial charge on any atom is -0.392 e. The first-order valence-electron chi connectivity index (χ1n) is 7.82. The van der Waals surface area contributed by atoms with Crippen LogP contribution in [-0.4, -0.2) is 35.7 Å². The molecule has 0 aromatic rings. The molecule has 2 rings (SSSR count). The van der Waals surface area contributed by atoms with Gasteiger partial charge >= 0.3 is 0 Å². The van der Waals surface area contributed by atoms with Gasteiger partial charge in [-0.25, -0.2) is 0 Å². The molecule has 19 heavy (non-hydrogen) atoms. The van der Waals surface area contributed by atoms with Crippen LogP contribution in [0.25, 0.3) is 0 Å². The molecule has 0 bridgehead atoms. The highest BCUT2D eigenvalue weighted by atomic mass is 16.3. The van der Waals surface area contributed by atoms with Crippen LogP contribution in [0.5, 0.6) is 0 Å². The number of rotatable bonds is 4. The zero-order chi connectivity index (χ0) is 13.8. The number of aliphatic hydroxyl groups excluding tert-OH is 1. The molecule has 2 aliphatic rings. The van der Waals surface area contributed by atoms with Crippen LogP contribution in [0, 0.1) is 11.8 Å². The van der Waals surface area contributed by atoms with Crippen LogP contribution in [0.3, 0.4) is 0 Å². The molecule has 2 fully saturated rings. The van der Waals surface area contributed by atoms with Crippen molar-refractivity contribution in [3.05, 3.63) is 0 Å². The maximum Gasteiger partial charge on any atom is 0.237 e. The average Bonchev–Trinajstić information content (AvgIpc) is 2.85. The summed E-state index contributed by atoms with van der Waals surface area (Å²) < 4.78 is 0. The molecular formula is C15H28N2O2. The van der Waals surface area contributed by atoms with Crippen molar-refractivity contribution in [2.75, 3.05) is 6.54 Å². The smallest absolute Gasteiger partial charge is 0.237 e. The van der Waals surface area contributed by atoms with Crippen LogP contribution in [-0.2, 0) is 4.79 Å². The summed E-state index contributed by atoms with van der Waals surface area (Å²) >= 11 is 0. The standard InChI is InChI=1S/C15H28N2O2/c1-3-10(2)11-4-6-12(7-5-11)17-15(19)14-8-13(18)9-16-14/h10-14,16,18H,3-9H2,1-2H3,(H,17,19)/t10?,11?,12?,13-,14-/m0/s1. The van der Waals surface area contributed by atoms with E-state index in [0.717, 1.165) is 24.7 Å². The number of aliphatic hydroxyl groups is 1. The lowest BCUT2D eigenvalue weighted by Gasteiger charge is -2.32. The van der Waals surface area contributed by atoms with E-state index < -0.39 is 0 Å². The van der Waals surface area contributed by atoms with Gasteiger partial charge in [0.15, 0.2) is 0 Å². The molecule has 1 aliphatic heterocycles. The lowest BCUT2D eigenvalue weighted by Crippen LogP contribution is -2.46. The SMILES string of the molecule is CCC(C)C1CCC(NC(=O)[C@@H]2C[C@H](O)CN2)CC1. The van der Waals surface area contributed by atoms with E-state index in [1.54, 1.807) is 0 Å². The molecule has 1 saturated carbocycles. The molecule has 1 aliphatic carbocycles. The highest BCUT2D eigenvalue weighted by Crippen LogP contribution is 2.31. The van der Waals surface area contributed by atoms with E-state index in [-0.39, 0.29) is 18.1 Å². The van der Waals surface area contributed by atoms with Gasteiger partial charge in [-0.1, -0.05) is 20.3 Å². The molecule has 4 heteroatoms. The Labute approximate surface area is 116 Å². The van der Waals surface area contributed by atoms with Crippen molar-refractivity contribution in [2.45, 2.75) is 70.6 Å². The van der Waals surface area contributed by atoms with Gasteiger partial charge in [0.1, 0.15) is 0 Å². The van der Waals surface area contributed by atoms with E-state index in [1.807, 2.05) is 0 Å². The lowest BCUT2D eigenvalue weighted by atomic mass is 9.78. The van der Waals surface area contributed by atoms with Crippen molar-refractivity contribution in [3.63, 3.8) is 0 Å². The van der Waals surface area contributed by atoms with Crippen molar-refractivity contribution < 1.29 is 9.90 Å². The molecule has 0 aromatic heterocycles. The first kappa shape index (κ1) is 14.8. The summed E-state index contributed by atoms with van der Waals surface area (Å²) in [6.45, 7) is 5.14. The van der Waals surface area contributed by atoms with Crippen molar-refractivity contribution >= 4 is 5.91 Å². The Morgan fingerprint density at radius 2 is 2.05 bits per heavy atom. The minimum atomic E-state index is -0.364. The van der Waals surface area contributed by atoms with Crippen molar-refractivity contribution in [1.82, 2.24) is 10.6 Å². The minimum absolute atomic E-state index is 0.0727. The Hall–Kier alpha value is -0.610. The monoisotopic (exact) mass is 268 g/mol. The zero-order valence-electron chi connectivity index (χ0n) is 12.2. The van der Waals surface area contributed by atoms with Crippen LogP contribution in [0.2, 0.25) is 0 Å². The fourth-order valence-corrected chi connectivity index (χ4v) is 3.38. The number of hydrogen-bond acceptors (Lipinski definition) is 3. The molecule has 1 unspecified atom stereocenters. The quantitative estimate of drug-likeness (QED) is 0.723. The summed E-state index contributed by atoms with van der Waals surface area (Å²) in [6.07, 6.45) is 6.13. The largest absolute Gasteiger partial charge is 0.392 e. The molecule has 3 N–H and O–H groups in total. The molecule has 1 saturated heterocycles. The second kappa shape index (κ2) is 6.71. The molecule has 0 aromatic carbocycles. The summed E-state index contributed by atoms with van der Waals surface area (Å²) in [4.78, 5) is 12.0. The van der Waals surface area contributed by atoms with Crippen LogP contribution >= 0.6 is 0 Å². The summed E-state index contributed by atoms with van der Waals surface area (Å²) in [5.74, 6) is 1.72. The third kappa shape index (κ3) is 3.93. The molecule has 1 heterocycles. The average molecular weight is 268 g/mol. The second-order valence-electron chi connectivity index (χ2n) is 6.36. The summed E-state index contributed by atoms with van der Waals surface area (Å²) in [5.41, 5.74) is 0. The third-order valence-electron chi connectivity index (χ3n) is 4.99. The van der Waals surface area contributed by atoms with E-state index in [9.17, 15) is 9.90 Å². The number of carbonyl (C=O) groups is 1. The molecule has 0 spiro atoms. The number of β-amino-alcohol motifs (C(OH)–C–C–N with tert-alkyl or cyclic N) is 1.